The highest BCUT2D eigenvalue weighted by Crippen LogP contribution is 2.28. The minimum Gasteiger partial charge on any atom is -0.352 e. The molecule has 1 N–H and O–H groups in total. The van der Waals surface area contributed by atoms with E-state index in [1.165, 1.54) is 17.5 Å². The van der Waals surface area contributed by atoms with Crippen LogP contribution in [-0.4, -0.2) is 6.41 Å². The van der Waals surface area contributed by atoms with Gasteiger partial charge in [0.15, 0.2) is 0 Å². The number of amides is 1. The molecule has 0 saturated heterocycles. The van der Waals surface area contributed by atoms with Crippen LogP contribution in [0.4, 0.5) is 0 Å². The van der Waals surface area contributed by atoms with Crippen molar-refractivity contribution in [3.05, 3.63) is 35.4 Å². The number of carbonyl (C=O) groups is 1. The lowest BCUT2D eigenvalue weighted by molar-refractivity contribution is -0.110. The Bertz CT molecular complexity index is 309. The molecular formula is C11H13NO. The predicted molar refractivity (Wildman–Crippen MR) is 51.3 cm³/mol. The van der Waals surface area contributed by atoms with Gasteiger partial charge in [-0.25, -0.2) is 0 Å². The van der Waals surface area contributed by atoms with E-state index < -0.39 is 0 Å². The fourth-order valence-electron chi connectivity index (χ4n) is 2.01. The second-order valence-electron chi connectivity index (χ2n) is 3.43. The SMILES string of the molecule is O=CN[C@H]1CCCc2ccccc21. The van der Waals surface area contributed by atoms with E-state index in [1.54, 1.807) is 0 Å². The Labute approximate surface area is 78.0 Å². The van der Waals surface area contributed by atoms with E-state index in [-0.39, 0.29) is 6.04 Å². The number of fused-ring (bicyclic) bond motifs is 1. The van der Waals surface area contributed by atoms with E-state index in [2.05, 4.69) is 23.5 Å². The maximum absolute atomic E-state index is 10.4. The molecule has 2 heteroatoms. The van der Waals surface area contributed by atoms with Crippen LogP contribution in [0.2, 0.25) is 0 Å². The van der Waals surface area contributed by atoms with E-state index in [1.807, 2.05) is 6.07 Å². The third kappa shape index (κ3) is 1.57. The molecule has 1 aliphatic carbocycles. The standard InChI is InChI=1S/C11H13NO/c13-8-12-11-7-3-5-9-4-1-2-6-10(9)11/h1-2,4,6,8,11H,3,5,7H2,(H,12,13)/t11-/m0/s1. The van der Waals surface area contributed by atoms with Crippen molar-refractivity contribution < 1.29 is 4.79 Å². The van der Waals surface area contributed by atoms with Gasteiger partial charge in [0.25, 0.3) is 0 Å². The predicted octanol–water partition coefficient (Wildman–Crippen LogP) is 1.81. The van der Waals surface area contributed by atoms with Crippen LogP contribution in [0.15, 0.2) is 24.3 Å². The minimum atomic E-state index is 0.238. The van der Waals surface area contributed by atoms with Crippen molar-refractivity contribution >= 4 is 6.41 Å². The first-order chi connectivity index (χ1) is 6.42. The lowest BCUT2D eigenvalue weighted by atomic mass is 9.88. The number of rotatable bonds is 2. The number of hydrogen-bond acceptors (Lipinski definition) is 1. The van der Waals surface area contributed by atoms with Crippen LogP contribution in [0, 0.1) is 0 Å². The molecule has 0 fully saturated rings. The second-order valence-corrected chi connectivity index (χ2v) is 3.43. The van der Waals surface area contributed by atoms with Gasteiger partial charge in [0.1, 0.15) is 0 Å². The molecule has 1 aromatic rings. The van der Waals surface area contributed by atoms with Gasteiger partial charge in [0.05, 0.1) is 6.04 Å². The second kappa shape index (κ2) is 3.60. The van der Waals surface area contributed by atoms with Crippen LogP contribution >= 0.6 is 0 Å². The molecule has 1 aromatic carbocycles. The molecular weight excluding hydrogens is 162 g/mol. The Morgan fingerprint density at radius 3 is 3.08 bits per heavy atom. The van der Waals surface area contributed by atoms with E-state index in [0.717, 1.165) is 19.3 Å². The molecule has 0 radical (unpaired) electrons. The van der Waals surface area contributed by atoms with Crippen molar-refractivity contribution in [1.29, 1.82) is 0 Å². The van der Waals surface area contributed by atoms with Crippen LogP contribution < -0.4 is 5.32 Å². The zero-order valence-corrected chi connectivity index (χ0v) is 7.49. The summed E-state index contributed by atoms with van der Waals surface area (Å²) in [6, 6.07) is 8.58. The summed E-state index contributed by atoms with van der Waals surface area (Å²) >= 11 is 0. The zero-order chi connectivity index (χ0) is 9.10. The third-order valence-electron chi connectivity index (χ3n) is 2.64. The van der Waals surface area contributed by atoms with E-state index in [4.69, 9.17) is 0 Å². The molecule has 0 aromatic heterocycles. The lowest BCUT2D eigenvalue weighted by Gasteiger charge is -2.24. The summed E-state index contributed by atoms with van der Waals surface area (Å²) < 4.78 is 0. The molecule has 0 bridgehead atoms. The first-order valence-electron chi connectivity index (χ1n) is 4.69. The van der Waals surface area contributed by atoms with Gasteiger partial charge >= 0.3 is 0 Å². The number of aryl methyl sites for hydroxylation is 1. The van der Waals surface area contributed by atoms with Crippen molar-refractivity contribution in [3.63, 3.8) is 0 Å². The first kappa shape index (κ1) is 8.30. The Morgan fingerprint density at radius 1 is 1.38 bits per heavy atom. The molecule has 0 heterocycles. The fraction of sp³-hybridized carbons (Fsp3) is 0.364. The molecule has 0 unspecified atom stereocenters. The minimum absolute atomic E-state index is 0.238. The van der Waals surface area contributed by atoms with E-state index >= 15 is 0 Å². The molecule has 0 aliphatic heterocycles. The van der Waals surface area contributed by atoms with Gasteiger partial charge in [-0.1, -0.05) is 24.3 Å². The Balaban J connectivity index is 2.31. The normalized spacial score (nSPS) is 20.5. The van der Waals surface area contributed by atoms with Gasteiger partial charge in [0, 0.05) is 0 Å². The third-order valence-corrected chi connectivity index (χ3v) is 2.64. The average molecular weight is 175 g/mol. The number of benzene rings is 1. The van der Waals surface area contributed by atoms with Crippen LogP contribution in [0.25, 0.3) is 0 Å². The quantitative estimate of drug-likeness (QED) is 0.682. The van der Waals surface area contributed by atoms with Crippen molar-refractivity contribution in [2.24, 2.45) is 0 Å². The summed E-state index contributed by atoms with van der Waals surface area (Å²) in [5.74, 6) is 0. The summed E-state index contributed by atoms with van der Waals surface area (Å²) in [6.45, 7) is 0. The molecule has 1 amide bonds. The fourth-order valence-corrected chi connectivity index (χ4v) is 2.01. The van der Waals surface area contributed by atoms with Gasteiger partial charge in [-0.15, -0.1) is 0 Å². The lowest BCUT2D eigenvalue weighted by Crippen LogP contribution is -2.23. The van der Waals surface area contributed by atoms with Crippen LogP contribution in [0.3, 0.4) is 0 Å². The van der Waals surface area contributed by atoms with Crippen LogP contribution in [-0.2, 0) is 11.2 Å². The molecule has 2 rings (SSSR count). The Kier molecular flexibility index (Phi) is 2.30. The summed E-state index contributed by atoms with van der Waals surface area (Å²) in [6.07, 6.45) is 4.18. The molecule has 1 aliphatic rings. The van der Waals surface area contributed by atoms with E-state index in [9.17, 15) is 4.79 Å². The summed E-state index contributed by atoms with van der Waals surface area (Å²) in [5.41, 5.74) is 2.67. The molecule has 0 spiro atoms. The van der Waals surface area contributed by atoms with E-state index in [0.29, 0.717) is 0 Å². The van der Waals surface area contributed by atoms with Gasteiger partial charge in [-0.3, -0.25) is 4.79 Å². The van der Waals surface area contributed by atoms with Gasteiger partial charge in [0.2, 0.25) is 6.41 Å². The van der Waals surface area contributed by atoms with Crippen molar-refractivity contribution in [2.75, 3.05) is 0 Å². The smallest absolute Gasteiger partial charge is 0.207 e. The van der Waals surface area contributed by atoms with Gasteiger partial charge < -0.3 is 5.32 Å². The maximum Gasteiger partial charge on any atom is 0.207 e. The number of nitrogens with one attached hydrogen (secondary N) is 1. The maximum atomic E-state index is 10.4. The van der Waals surface area contributed by atoms with Crippen molar-refractivity contribution in [1.82, 2.24) is 5.32 Å². The summed E-state index contributed by atoms with van der Waals surface area (Å²) in [5, 5.41) is 2.86. The molecule has 13 heavy (non-hydrogen) atoms. The Morgan fingerprint density at radius 2 is 2.23 bits per heavy atom. The Hall–Kier alpha value is -1.31. The molecule has 68 valence electrons. The topological polar surface area (TPSA) is 29.1 Å². The molecule has 0 saturated carbocycles. The summed E-state index contributed by atoms with van der Waals surface area (Å²) in [4.78, 5) is 10.4. The van der Waals surface area contributed by atoms with Gasteiger partial charge in [-0.2, -0.15) is 0 Å². The number of carbonyl (C=O) groups excluding carboxylic acids is 1. The molecule has 1 atom stereocenters. The van der Waals surface area contributed by atoms with Gasteiger partial charge in [-0.05, 0) is 30.4 Å². The first-order valence-corrected chi connectivity index (χ1v) is 4.69. The van der Waals surface area contributed by atoms with Crippen LogP contribution in [0.5, 0.6) is 0 Å². The summed E-state index contributed by atoms with van der Waals surface area (Å²) in [7, 11) is 0. The monoisotopic (exact) mass is 175 g/mol. The van der Waals surface area contributed by atoms with Crippen molar-refractivity contribution in [2.45, 2.75) is 25.3 Å². The highest BCUT2D eigenvalue weighted by molar-refractivity contribution is 5.48. The highest BCUT2D eigenvalue weighted by atomic mass is 16.1. The highest BCUT2D eigenvalue weighted by Gasteiger charge is 2.18. The largest absolute Gasteiger partial charge is 0.352 e. The van der Waals surface area contributed by atoms with Crippen LogP contribution in [0.1, 0.15) is 30.0 Å². The molecule has 2 nitrogen and oxygen atoms in total. The van der Waals surface area contributed by atoms with Crippen molar-refractivity contribution in [3.8, 4) is 0 Å². The number of hydrogen-bond donors (Lipinski definition) is 1. The average Bonchev–Trinajstić information content (AvgIpc) is 2.19. The zero-order valence-electron chi connectivity index (χ0n) is 7.49.